The molecule has 0 unspecified atom stereocenters. The summed E-state index contributed by atoms with van der Waals surface area (Å²) in [6.07, 6.45) is 5.31. The minimum absolute atomic E-state index is 0.106. The fraction of sp³-hybridized carbons (Fsp3) is 0.476. The number of carbonyl (C=O) groups is 1. The van der Waals surface area contributed by atoms with Crippen LogP contribution in [0.5, 0.6) is 5.75 Å². The number of carbonyl (C=O) groups excluding carboxylic acids is 1. The molecule has 1 aromatic carbocycles. The molecule has 2 aliphatic heterocycles. The highest BCUT2D eigenvalue weighted by molar-refractivity contribution is 5.92. The molecule has 154 valence electrons. The van der Waals surface area contributed by atoms with Crippen LogP contribution in [0.3, 0.4) is 0 Å². The molecule has 0 bridgehead atoms. The number of methoxy groups -OCH3 is 1. The molecular formula is C21H26N4O4. The molecule has 0 saturated carbocycles. The Morgan fingerprint density at radius 1 is 1.17 bits per heavy atom. The third kappa shape index (κ3) is 4.49. The molecule has 1 N–H and O–H groups in total. The van der Waals surface area contributed by atoms with Crippen molar-refractivity contribution in [2.45, 2.75) is 25.0 Å². The van der Waals surface area contributed by atoms with Gasteiger partial charge >= 0.3 is 0 Å². The van der Waals surface area contributed by atoms with E-state index in [0.717, 1.165) is 17.7 Å². The molecular weight excluding hydrogens is 372 g/mol. The quantitative estimate of drug-likeness (QED) is 0.798. The van der Waals surface area contributed by atoms with E-state index >= 15 is 0 Å². The lowest BCUT2D eigenvalue weighted by atomic mass is 10.0. The van der Waals surface area contributed by atoms with Crippen LogP contribution < -0.4 is 10.1 Å². The monoisotopic (exact) mass is 398 g/mol. The molecule has 0 aliphatic carbocycles. The normalized spacial score (nSPS) is 18.0. The molecule has 8 heteroatoms. The van der Waals surface area contributed by atoms with E-state index in [9.17, 15) is 4.79 Å². The zero-order valence-electron chi connectivity index (χ0n) is 16.6. The number of nitrogens with zero attached hydrogens (tertiary/aromatic N) is 3. The number of nitrogens with one attached hydrogen (secondary N) is 1. The fourth-order valence-electron chi connectivity index (χ4n) is 3.76. The van der Waals surface area contributed by atoms with Gasteiger partial charge in [-0.25, -0.2) is 9.97 Å². The van der Waals surface area contributed by atoms with Crippen LogP contribution in [0, 0.1) is 0 Å². The number of aromatic nitrogens is 2. The smallest absolute Gasteiger partial charge is 0.274 e. The maximum absolute atomic E-state index is 12.7. The molecule has 2 fully saturated rings. The molecule has 8 nitrogen and oxygen atoms in total. The third-order valence-corrected chi connectivity index (χ3v) is 5.39. The molecule has 29 heavy (non-hydrogen) atoms. The van der Waals surface area contributed by atoms with E-state index < -0.39 is 5.79 Å². The van der Waals surface area contributed by atoms with Gasteiger partial charge in [-0.3, -0.25) is 4.79 Å². The zero-order valence-corrected chi connectivity index (χ0v) is 16.6. The Balaban J connectivity index is 1.28. The molecule has 0 radical (unpaired) electrons. The first-order valence-electron chi connectivity index (χ1n) is 9.94. The Labute approximate surface area is 170 Å². The van der Waals surface area contributed by atoms with Gasteiger partial charge < -0.3 is 24.4 Å². The van der Waals surface area contributed by atoms with Gasteiger partial charge in [0.25, 0.3) is 5.91 Å². The van der Waals surface area contributed by atoms with E-state index in [2.05, 4.69) is 15.3 Å². The predicted molar refractivity (Wildman–Crippen MR) is 107 cm³/mol. The molecule has 1 spiro atoms. The van der Waals surface area contributed by atoms with Gasteiger partial charge in [-0.05, 0) is 18.1 Å². The Hall–Kier alpha value is -2.71. The summed E-state index contributed by atoms with van der Waals surface area (Å²) >= 11 is 0. The first-order chi connectivity index (χ1) is 14.2. The Morgan fingerprint density at radius 2 is 1.93 bits per heavy atom. The second kappa shape index (κ2) is 8.75. The predicted octanol–water partition coefficient (Wildman–Crippen LogP) is 2.12. The molecule has 2 saturated heterocycles. The van der Waals surface area contributed by atoms with E-state index in [1.165, 1.54) is 6.20 Å². The van der Waals surface area contributed by atoms with Gasteiger partial charge in [-0.15, -0.1) is 0 Å². The van der Waals surface area contributed by atoms with Crippen LogP contribution in [0.25, 0.3) is 0 Å². The summed E-state index contributed by atoms with van der Waals surface area (Å²) < 4.78 is 16.8. The van der Waals surface area contributed by atoms with E-state index in [1.54, 1.807) is 18.2 Å². The van der Waals surface area contributed by atoms with Gasteiger partial charge in [0.05, 0.1) is 32.7 Å². The lowest BCUT2D eigenvalue weighted by molar-refractivity contribution is -0.181. The lowest BCUT2D eigenvalue weighted by Gasteiger charge is -2.37. The minimum atomic E-state index is -0.488. The number of anilines is 1. The molecule has 3 heterocycles. The number of likely N-dealkylation sites (tertiary alicyclic amines) is 1. The van der Waals surface area contributed by atoms with E-state index in [0.29, 0.717) is 57.2 Å². The summed E-state index contributed by atoms with van der Waals surface area (Å²) in [6, 6.07) is 7.93. The number of hydrogen-bond donors (Lipinski definition) is 1. The van der Waals surface area contributed by atoms with Gasteiger partial charge in [-0.1, -0.05) is 18.2 Å². The molecule has 2 aromatic rings. The molecule has 1 aromatic heterocycles. The van der Waals surface area contributed by atoms with Crippen molar-refractivity contribution in [1.29, 1.82) is 0 Å². The number of amides is 1. The number of ether oxygens (including phenoxy) is 3. The van der Waals surface area contributed by atoms with Crippen LogP contribution in [0.15, 0.2) is 36.7 Å². The van der Waals surface area contributed by atoms with Gasteiger partial charge in [0, 0.05) is 32.5 Å². The van der Waals surface area contributed by atoms with E-state index in [1.807, 2.05) is 24.3 Å². The zero-order chi connectivity index (χ0) is 20.1. The largest absolute Gasteiger partial charge is 0.496 e. The van der Waals surface area contributed by atoms with Crippen molar-refractivity contribution in [1.82, 2.24) is 14.9 Å². The standard InChI is InChI=1S/C21H26N4O4/c1-27-18-5-3-2-4-16(18)6-9-22-19-15-23-17(14-24-19)20(26)25-10-7-21(8-11-25)28-12-13-29-21/h2-5,14-15H,6-13H2,1H3,(H,22,24). The van der Waals surface area contributed by atoms with Crippen LogP contribution in [-0.4, -0.2) is 66.5 Å². The average Bonchev–Trinajstić information content (AvgIpc) is 3.22. The van der Waals surface area contributed by atoms with E-state index in [-0.39, 0.29) is 5.91 Å². The van der Waals surface area contributed by atoms with Gasteiger partial charge in [0.1, 0.15) is 17.3 Å². The van der Waals surface area contributed by atoms with Crippen LogP contribution >= 0.6 is 0 Å². The maximum atomic E-state index is 12.7. The van der Waals surface area contributed by atoms with Gasteiger partial charge in [0.2, 0.25) is 0 Å². The summed E-state index contributed by atoms with van der Waals surface area (Å²) in [7, 11) is 1.67. The van der Waals surface area contributed by atoms with Crippen molar-refractivity contribution in [3.63, 3.8) is 0 Å². The lowest BCUT2D eigenvalue weighted by Crippen LogP contribution is -2.47. The van der Waals surface area contributed by atoms with Gasteiger partial charge in [-0.2, -0.15) is 0 Å². The maximum Gasteiger partial charge on any atom is 0.274 e. The molecule has 4 rings (SSSR count). The third-order valence-electron chi connectivity index (χ3n) is 5.39. The number of rotatable bonds is 6. The molecule has 0 atom stereocenters. The number of para-hydroxylation sites is 1. The average molecular weight is 398 g/mol. The minimum Gasteiger partial charge on any atom is -0.496 e. The summed E-state index contributed by atoms with van der Waals surface area (Å²) in [4.78, 5) is 23.1. The van der Waals surface area contributed by atoms with Crippen LogP contribution in [0.1, 0.15) is 28.9 Å². The van der Waals surface area contributed by atoms with Crippen molar-refractivity contribution < 1.29 is 19.0 Å². The molecule has 1 amide bonds. The van der Waals surface area contributed by atoms with Crippen molar-refractivity contribution in [3.8, 4) is 5.75 Å². The highest BCUT2D eigenvalue weighted by atomic mass is 16.7. The topological polar surface area (TPSA) is 85.8 Å². The SMILES string of the molecule is COc1ccccc1CCNc1cnc(C(=O)N2CCC3(CC2)OCCO3)cn1. The highest BCUT2D eigenvalue weighted by Crippen LogP contribution is 2.31. The summed E-state index contributed by atoms with van der Waals surface area (Å²) in [5, 5.41) is 3.24. The fourth-order valence-corrected chi connectivity index (χ4v) is 3.76. The highest BCUT2D eigenvalue weighted by Gasteiger charge is 2.41. The first-order valence-corrected chi connectivity index (χ1v) is 9.94. The second-order valence-electron chi connectivity index (χ2n) is 7.18. The number of hydrogen-bond acceptors (Lipinski definition) is 7. The summed E-state index contributed by atoms with van der Waals surface area (Å²) in [5.74, 6) is 0.920. The molecule has 2 aliphatic rings. The number of piperidine rings is 1. The van der Waals surface area contributed by atoms with Crippen molar-refractivity contribution in [3.05, 3.63) is 47.9 Å². The summed E-state index contributed by atoms with van der Waals surface area (Å²) in [6.45, 7) is 3.14. The summed E-state index contributed by atoms with van der Waals surface area (Å²) in [5.41, 5.74) is 1.48. The van der Waals surface area contributed by atoms with Crippen LogP contribution in [0.2, 0.25) is 0 Å². The van der Waals surface area contributed by atoms with Crippen LogP contribution in [-0.2, 0) is 15.9 Å². The Morgan fingerprint density at radius 3 is 2.62 bits per heavy atom. The van der Waals surface area contributed by atoms with Crippen molar-refractivity contribution in [2.75, 3.05) is 45.3 Å². The van der Waals surface area contributed by atoms with Crippen molar-refractivity contribution >= 4 is 11.7 Å². The number of benzene rings is 1. The Bertz CT molecular complexity index is 827. The van der Waals surface area contributed by atoms with Crippen LogP contribution in [0.4, 0.5) is 5.82 Å². The van der Waals surface area contributed by atoms with Gasteiger partial charge in [0.15, 0.2) is 5.79 Å². The second-order valence-corrected chi connectivity index (χ2v) is 7.18. The van der Waals surface area contributed by atoms with E-state index in [4.69, 9.17) is 14.2 Å². The van der Waals surface area contributed by atoms with Crippen molar-refractivity contribution in [2.24, 2.45) is 0 Å². The first kappa shape index (κ1) is 19.6. The Kier molecular flexibility index (Phi) is 5.92.